The summed E-state index contributed by atoms with van der Waals surface area (Å²) in [5.41, 5.74) is -0.596. The second-order valence-corrected chi connectivity index (χ2v) is 9.17. The SMILES string of the molecule is CCOC(=O)C(NC(C)=O)c1ccc2c(c1C(NC(C)=O)C(=O)OCC)N(C(=O)OC(C)(C)C)CCO2. The number of nitrogens with zero attached hydrogens (tertiary/aromatic N) is 1. The van der Waals surface area contributed by atoms with Crippen LogP contribution < -0.4 is 20.3 Å². The minimum Gasteiger partial charge on any atom is -0.490 e. The molecule has 2 atom stereocenters. The zero-order valence-corrected chi connectivity index (χ0v) is 22.3. The van der Waals surface area contributed by atoms with Gasteiger partial charge in [-0.25, -0.2) is 14.4 Å². The number of carbonyl (C=O) groups excluding carboxylic acids is 5. The van der Waals surface area contributed by atoms with Crippen molar-refractivity contribution in [1.29, 1.82) is 0 Å². The van der Waals surface area contributed by atoms with E-state index < -0.39 is 47.5 Å². The average Bonchev–Trinajstić information content (AvgIpc) is 2.79. The van der Waals surface area contributed by atoms with E-state index in [1.54, 1.807) is 34.6 Å². The Bertz CT molecular complexity index is 1050. The van der Waals surface area contributed by atoms with Crippen LogP contribution in [-0.4, -0.2) is 61.8 Å². The summed E-state index contributed by atoms with van der Waals surface area (Å²) in [6.45, 7) is 10.9. The summed E-state index contributed by atoms with van der Waals surface area (Å²) >= 11 is 0. The van der Waals surface area contributed by atoms with E-state index in [9.17, 15) is 24.0 Å². The summed E-state index contributed by atoms with van der Waals surface area (Å²) in [5.74, 6) is -2.55. The lowest BCUT2D eigenvalue weighted by Gasteiger charge is -2.36. The van der Waals surface area contributed by atoms with Crippen LogP contribution in [0.15, 0.2) is 12.1 Å². The van der Waals surface area contributed by atoms with E-state index in [0.29, 0.717) is 0 Å². The van der Waals surface area contributed by atoms with Crippen LogP contribution in [0.4, 0.5) is 10.5 Å². The van der Waals surface area contributed by atoms with E-state index in [1.165, 1.54) is 30.9 Å². The molecule has 1 aliphatic heterocycles. The fourth-order valence-electron chi connectivity index (χ4n) is 3.78. The third kappa shape index (κ3) is 7.58. The second-order valence-electron chi connectivity index (χ2n) is 9.17. The van der Waals surface area contributed by atoms with Gasteiger partial charge in [-0.3, -0.25) is 14.5 Å². The normalized spacial score (nSPS) is 14.3. The Kier molecular flexibility index (Phi) is 9.87. The van der Waals surface area contributed by atoms with Gasteiger partial charge >= 0.3 is 18.0 Å². The van der Waals surface area contributed by atoms with Gasteiger partial charge in [0.2, 0.25) is 11.8 Å². The van der Waals surface area contributed by atoms with Gasteiger partial charge in [-0.2, -0.15) is 0 Å². The highest BCUT2D eigenvalue weighted by atomic mass is 16.6. The van der Waals surface area contributed by atoms with Crippen molar-refractivity contribution in [2.24, 2.45) is 0 Å². The molecular weight excluding hydrogens is 486 g/mol. The molecule has 0 radical (unpaired) electrons. The number of fused-ring (bicyclic) bond motifs is 1. The Morgan fingerprint density at radius 1 is 0.946 bits per heavy atom. The standard InChI is InChI=1S/C25H35N3O9/c1-8-34-22(31)19(26-14(3)29)16-10-11-17-21(18(16)20(27-15(4)30)23(32)35-9-2)28(12-13-36-17)24(33)37-25(5,6)7/h10-11,19-20H,8-9,12-13H2,1-7H3,(H,26,29)(H,27,30). The lowest BCUT2D eigenvalue weighted by molar-refractivity contribution is -0.148. The number of amides is 3. The summed E-state index contributed by atoms with van der Waals surface area (Å²) in [4.78, 5) is 64.9. The highest BCUT2D eigenvalue weighted by Crippen LogP contribution is 2.43. The van der Waals surface area contributed by atoms with Gasteiger partial charge in [0.15, 0.2) is 12.1 Å². The number of hydrogen-bond donors (Lipinski definition) is 2. The lowest BCUT2D eigenvalue weighted by Crippen LogP contribution is -2.44. The third-order valence-electron chi connectivity index (χ3n) is 5.01. The van der Waals surface area contributed by atoms with Gasteiger partial charge < -0.3 is 29.6 Å². The number of hydrogen-bond acceptors (Lipinski definition) is 9. The first-order valence-electron chi connectivity index (χ1n) is 12.0. The molecule has 12 nitrogen and oxygen atoms in total. The number of nitrogens with one attached hydrogen (secondary N) is 2. The molecule has 2 rings (SSSR count). The first-order chi connectivity index (χ1) is 17.3. The number of rotatable bonds is 8. The Labute approximate surface area is 215 Å². The Balaban J connectivity index is 2.91. The van der Waals surface area contributed by atoms with E-state index in [2.05, 4.69) is 10.6 Å². The summed E-state index contributed by atoms with van der Waals surface area (Å²) in [5, 5.41) is 5.08. The quantitative estimate of drug-likeness (QED) is 0.388. The predicted molar refractivity (Wildman–Crippen MR) is 132 cm³/mol. The van der Waals surface area contributed by atoms with Crippen molar-refractivity contribution >= 4 is 35.5 Å². The van der Waals surface area contributed by atoms with Crippen molar-refractivity contribution < 1.29 is 42.9 Å². The largest absolute Gasteiger partial charge is 0.490 e. The highest BCUT2D eigenvalue weighted by molar-refractivity contribution is 5.97. The molecule has 0 saturated heterocycles. The molecule has 0 aliphatic carbocycles. The molecule has 1 heterocycles. The van der Waals surface area contributed by atoms with Crippen molar-refractivity contribution in [3.05, 3.63) is 23.3 Å². The summed E-state index contributed by atoms with van der Waals surface area (Å²) in [7, 11) is 0. The molecule has 0 saturated carbocycles. The first kappa shape index (κ1) is 29.4. The molecule has 0 fully saturated rings. The van der Waals surface area contributed by atoms with Crippen LogP contribution in [0.3, 0.4) is 0 Å². The molecule has 204 valence electrons. The fraction of sp³-hybridized carbons (Fsp3) is 0.560. The lowest BCUT2D eigenvalue weighted by atomic mass is 9.91. The zero-order valence-electron chi connectivity index (χ0n) is 22.3. The monoisotopic (exact) mass is 521 g/mol. The zero-order chi connectivity index (χ0) is 27.9. The van der Waals surface area contributed by atoms with Gasteiger partial charge in [0.05, 0.1) is 25.4 Å². The van der Waals surface area contributed by atoms with Crippen molar-refractivity contribution in [2.45, 2.75) is 66.2 Å². The Morgan fingerprint density at radius 2 is 1.49 bits per heavy atom. The molecule has 3 amide bonds. The molecule has 0 spiro atoms. The molecule has 2 N–H and O–H groups in total. The Hall–Kier alpha value is -3.83. The second kappa shape index (κ2) is 12.4. The van der Waals surface area contributed by atoms with Gasteiger partial charge in [0, 0.05) is 19.4 Å². The van der Waals surface area contributed by atoms with Gasteiger partial charge in [-0.05, 0) is 46.2 Å². The first-order valence-corrected chi connectivity index (χ1v) is 12.0. The van der Waals surface area contributed by atoms with Crippen molar-refractivity contribution in [2.75, 3.05) is 31.3 Å². The molecule has 37 heavy (non-hydrogen) atoms. The molecular formula is C25H35N3O9. The van der Waals surface area contributed by atoms with Crippen LogP contribution >= 0.6 is 0 Å². The predicted octanol–water partition coefficient (Wildman–Crippen LogP) is 2.30. The summed E-state index contributed by atoms with van der Waals surface area (Å²) in [6, 6.07) is 0.151. The van der Waals surface area contributed by atoms with Crippen LogP contribution in [-0.2, 0) is 33.4 Å². The molecule has 0 aromatic heterocycles. The maximum Gasteiger partial charge on any atom is 0.415 e. The average molecular weight is 522 g/mol. The van der Waals surface area contributed by atoms with Crippen LogP contribution in [0.25, 0.3) is 0 Å². The van der Waals surface area contributed by atoms with Gasteiger partial charge in [0.25, 0.3) is 0 Å². The number of esters is 2. The molecule has 0 bridgehead atoms. The third-order valence-corrected chi connectivity index (χ3v) is 5.01. The number of ether oxygens (including phenoxy) is 4. The smallest absolute Gasteiger partial charge is 0.415 e. The van der Waals surface area contributed by atoms with Crippen molar-refractivity contribution in [3.63, 3.8) is 0 Å². The van der Waals surface area contributed by atoms with E-state index in [0.717, 1.165) is 0 Å². The topological polar surface area (TPSA) is 150 Å². The van der Waals surface area contributed by atoms with Crippen LogP contribution in [0.2, 0.25) is 0 Å². The molecule has 1 aromatic carbocycles. The molecule has 1 aromatic rings. The van der Waals surface area contributed by atoms with Crippen molar-refractivity contribution in [1.82, 2.24) is 10.6 Å². The minimum atomic E-state index is -1.46. The number of anilines is 1. The van der Waals surface area contributed by atoms with Crippen LogP contribution in [0.5, 0.6) is 5.75 Å². The minimum absolute atomic E-state index is 0.00143. The molecule has 2 unspecified atom stereocenters. The highest BCUT2D eigenvalue weighted by Gasteiger charge is 2.40. The van der Waals surface area contributed by atoms with Gasteiger partial charge in [0.1, 0.15) is 18.0 Å². The fourth-order valence-corrected chi connectivity index (χ4v) is 3.78. The van der Waals surface area contributed by atoms with Crippen molar-refractivity contribution in [3.8, 4) is 5.75 Å². The van der Waals surface area contributed by atoms with E-state index in [1.807, 2.05) is 0 Å². The van der Waals surface area contributed by atoms with E-state index in [4.69, 9.17) is 18.9 Å². The van der Waals surface area contributed by atoms with Gasteiger partial charge in [-0.15, -0.1) is 0 Å². The Morgan fingerprint density at radius 3 is 2.00 bits per heavy atom. The van der Waals surface area contributed by atoms with E-state index >= 15 is 0 Å². The number of benzene rings is 1. The van der Waals surface area contributed by atoms with Gasteiger partial charge in [-0.1, -0.05) is 6.07 Å². The summed E-state index contributed by atoms with van der Waals surface area (Å²) in [6.07, 6.45) is -0.729. The maximum absolute atomic E-state index is 13.2. The summed E-state index contributed by atoms with van der Waals surface area (Å²) < 4.78 is 21.7. The van der Waals surface area contributed by atoms with Crippen LogP contribution in [0, 0.1) is 0 Å². The maximum atomic E-state index is 13.2. The number of carbonyl (C=O) groups is 5. The molecule has 1 aliphatic rings. The van der Waals surface area contributed by atoms with E-state index in [-0.39, 0.29) is 48.9 Å². The molecule has 12 heteroatoms. The van der Waals surface area contributed by atoms with Crippen LogP contribution in [0.1, 0.15) is 71.7 Å².